The zero-order chi connectivity index (χ0) is 11.1. The quantitative estimate of drug-likeness (QED) is 0.786. The molecule has 0 radical (unpaired) electrons. The highest BCUT2D eigenvalue weighted by Gasteiger charge is 2.34. The molecule has 0 unspecified atom stereocenters. The molecule has 82 valence electrons. The normalized spacial score (nSPS) is 17.0. The van der Waals surface area contributed by atoms with Gasteiger partial charge in [0.1, 0.15) is 0 Å². The van der Waals surface area contributed by atoms with Gasteiger partial charge in [0.25, 0.3) is 0 Å². The molecule has 0 atom stereocenters. The summed E-state index contributed by atoms with van der Waals surface area (Å²) in [5.41, 5.74) is 1.07. The van der Waals surface area contributed by atoms with Crippen molar-refractivity contribution in [2.24, 2.45) is 0 Å². The summed E-state index contributed by atoms with van der Waals surface area (Å²) in [6.07, 6.45) is 1.98. The van der Waals surface area contributed by atoms with E-state index in [1.807, 2.05) is 19.1 Å². The van der Waals surface area contributed by atoms with Crippen LogP contribution >= 0.6 is 0 Å². The third kappa shape index (κ3) is 2.06. The monoisotopic (exact) mass is 225 g/mol. The zero-order valence-corrected chi connectivity index (χ0v) is 9.79. The van der Waals surface area contributed by atoms with Crippen LogP contribution in [-0.4, -0.2) is 25.8 Å². The van der Waals surface area contributed by atoms with Crippen LogP contribution in [0.25, 0.3) is 0 Å². The average molecular weight is 225 g/mol. The largest absolute Gasteiger partial charge is 0.243 e. The van der Waals surface area contributed by atoms with E-state index in [-0.39, 0.29) is 6.04 Å². The van der Waals surface area contributed by atoms with Gasteiger partial charge in [0.15, 0.2) is 0 Å². The van der Waals surface area contributed by atoms with Gasteiger partial charge in [-0.15, -0.1) is 0 Å². The zero-order valence-electron chi connectivity index (χ0n) is 8.97. The summed E-state index contributed by atoms with van der Waals surface area (Å²) in [4.78, 5) is 0.391. The first-order chi connectivity index (χ1) is 7.01. The lowest BCUT2D eigenvalue weighted by Gasteiger charge is -2.16. The molecule has 0 bridgehead atoms. The van der Waals surface area contributed by atoms with Gasteiger partial charge < -0.3 is 0 Å². The lowest BCUT2D eigenvalue weighted by atomic mass is 10.2. The second-order valence-electron chi connectivity index (χ2n) is 4.07. The molecule has 1 aliphatic carbocycles. The number of rotatable bonds is 3. The minimum absolute atomic E-state index is 0.219. The van der Waals surface area contributed by atoms with Crippen LogP contribution in [-0.2, 0) is 10.0 Å². The van der Waals surface area contributed by atoms with Crippen LogP contribution in [0, 0.1) is 6.92 Å². The highest BCUT2D eigenvalue weighted by Crippen LogP contribution is 2.30. The van der Waals surface area contributed by atoms with Crippen molar-refractivity contribution in [2.75, 3.05) is 7.05 Å². The van der Waals surface area contributed by atoms with E-state index in [0.29, 0.717) is 4.90 Å². The van der Waals surface area contributed by atoms with Crippen molar-refractivity contribution < 1.29 is 8.42 Å². The van der Waals surface area contributed by atoms with Crippen LogP contribution in [0.5, 0.6) is 0 Å². The molecule has 3 nitrogen and oxygen atoms in total. The lowest BCUT2D eigenvalue weighted by Crippen LogP contribution is -2.28. The maximum atomic E-state index is 12.1. The number of hydrogen-bond donors (Lipinski definition) is 0. The van der Waals surface area contributed by atoms with Gasteiger partial charge in [-0.2, -0.15) is 4.31 Å². The van der Waals surface area contributed by atoms with Crippen molar-refractivity contribution >= 4 is 10.0 Å². The molecule has 0 heterocycles. The number of aryl methyl sites for hydroxylation is 1. The lowest BCUT2D eigenvalue weighted by molar-refractivity contribution is 0.464. The summed E-state index contributed by atoms with van der Waals surface area (Å²) in [5, 5.41) is 0. The van der Waals surface area contributed by atoms with E-state index in [1.165, 1.54) is 4.31 Å². The van der Waals surface area contributed by atoms with Gasteiger partial charge in [-0.25, -0.2) is 8.42 Å². The van der Waals surface area contributed by atoms with Crippen LogP contribution in [0.4, 0.5) is 0 Å². The first-order valence-electron chi connectivity index (χ1n) is 5.06. The van der Waals surface area contributed by atoms with Gasteiger partial charge in [0.2, 0.25) is 10.0 Å². The Morgan fingerprint density at radius 3 is 2.20 bits per heavy atom. The Bertz CT molecular complexity index is 446. The van der Waals surface area contributed by atoms with Crippen LogP contribution in [0.15, 0.2) is 29.2 Å². The van der Waals surface area contributed by atoms with Crippen LogP contribution < -0.4 is 0 Å². The molecule has 0 amide bonds. The van der Waals surface area contributed by atoms with Crippen molar-refractivity contribution in [3.63, 3.8) is 0 Å². The third-order valence-electron chi connectivity index (χ3n) is 2.76. The number of benzene rings is 1. The standard InChI is InChI=1S/C11H15NO2S/c1-9-3-7-11(8-4-9)15(13,14)12(2)10-5-6-10/h3-4,7-8,10H,5-6H2,1-2H3. The highest BCUT2D eigenvalue weighted by molar-refractivity contribution is 7.89. The molecule has 0 aromatic heterocycles. The van der Waals surface area contributed by atoms with Crippen molar-refractivity contribution in [3.8, 4) is 0 Å². The van der Waals surface area contributed by atoms with Crippen LogP contribution in [0.3, 0.4) is 0 Å². The van der Waals surface area contributed by atoms with Gasteiger partial charge in [0, 0.05) is 13.1 Å². The van der Waals surface area contributed by atoms with Crippen LogP contribution in [0.1, 0.15) is 18.4 Å². The van der Waals surface area contributed by atoms with Crippen molar-refractivity contribution in [2.45, 2.75) is 30.7 Å². The predicted octanol–water partition coefficient (Wildman–Crippen LogP) is 1.78. The third-order valence-corrected chi connectivity index (χ3v) is 4.68. The molecular formula is C11H15NO2S. The topological polar surface area (TPSA) is 37.4 Å². The summed E-state index contributed by atoms with van der Waals surface area (Å²) in [7, 11) is -1.60. The van der Waals surface area contributed by atoms with Crippen molar-refractivity contribution in [1.29, 1.82) is 0 Å². The van der Waals surface area contributed by atoms with Gasteiger partial charge >= 0.3 is 0 Å². The first-order valence-corrected chi connectivity index (χ1v) is 6.50. The first kappa shape index (κ1) is 10.6. The Hall–Kier alpha value is -0.870. The predicted molar refractivity (Wildman–Crippen MR) is 59.1 cm³/mol. The van der Waals surface area contributed by atoms with Gasteiger partial charge in [-0.1, -0.05) is 17.7 Å². The fourth-order valence-corrected chi connectivity index (χ4v) is 2.93. The fraction of sp³-hybridized carbons (Fsp3) is 0.455. The molecule has 0 N–H and O–H groups in total. The van der Waals surface area contributed by atoms with E-state index >= 15 is 0 Å². The molecule has 4 heteroatoms. The highest BCUT2D eigenvalue weighted by atomic mass is 32.2. The molecule has 1 aromatic rings. The molecule has 0 saturated heterocycles. The smallest absolute Gasteiger partial charge is 0.207 e. The van der Waals surface area contributed by atoms with Gasteiger partial charge in [-0.05, 0) is 31.9 Å². The van der Waals surface area contributed by atoms with E-state index < -0.39 is 10.0 Å². The summed E-state index contributed by atoms with van der Waals surface area (Å²) in [6.45, 7) is 1.95. The van der Waals surface area contributed by atoms with E-state index in [4.69, 9.17) is 0 Å². The minimum Gasteiger partial charge on any atom is -0.207 e. The average Bonchev–Trinajstić information content (AvgIpc) is 3.00. The van der Waals surface area contributed by atoms with E-state index in [0.717, 1.165) is 18.4 Å². The molecule has 0 aliphatic heterocycles. The maximum absolute atomic E-state index is 12.1. The summed E-state index contributed by atoms with van der Waals surface area (Å²) < 4.78 is 25.6. The molecule has 1 fully saturated rings. The number of hydrogen-bond acceptors (Lipinski definition) is 2. The number of nitrogens with zero attached hydrogens (tertiary/aromatic N) is 1. The Balaban J connectivity index is 2.32. The minimum atomic E-state index is -3.26. The summed E-state index contributed by atoms with van der Waals surface area (Å²) in [5.74, 6) is 0. The molecule has 1 saturated carbocycles. The van der Waals surface area contributed by atoms with Gasteiger partial charge in [0.05, 0.1) is 4.90 Å². The van der Waals surface area contributed by atoms with Crippen molar-refractivity contribution in [3.05, 3.63) is 29.8 Å². The van der Waals surface area contributed by atoms with Crippen LogP contribution in [0.2, 0.25) is 0 Å². The molecular weight excluding hydrogens is 210 g/mol. The van der Waals surface area contributed by atoms with Crippen molar-refractivity contribution in [1.82, 2.24) is 4.31 Å². The van der Waals surface area contributed by atoms with E-state index in [9.17, 15) is 8.42 Å². The molecule has 1 aliphatic rings. The second-order valence-corrected chi connectivity index (χ2v) is 6.06. The number of sulfonamides is 1. The Morgan fingerprint density at radius 2 is 1.73 bits per heavy atom. The summed E-state index contributed by atoms with van der Waals surface area (Å²) >= 11 is 0. The molecule has 2 rings (SSSR count). The molecule has 0 spiro atoms. The fourth-order valence-electron chi connectivity index (χ4n) is 1.51. The maximum Gasteiger partial charge on any atom is 0.243 e. The summed E-state index contributed by atoms with van der Waals surface area (Å²) in [6, 6.07) is 7.21. The molecule has 15 heavy (non-hydrogen) atoms. The Morgan fingerprint density at radius 1 is 1.20 bits per heavy atom. The molecule has 1 aromatic carbocycles. The Labute approximate surface area is 90.8 Å². The second kappa shape index (κ2) is 3.61. The van der Waals surface area contributed by atoms with Gasteiger partial charge in [-0.3, -0.25) is 0 Å². The Kier molecular flexibility index (Phi) is 2.56. The SMILES string of the molecule is Cc1ccc(S(=O)(=O)N(C)C2CC2)cc1. The van der Waals surface area contributed by atoms with E-state index in [2.05, 4.69) is 0 Å². The van der Waals surface area contributed by atoms with E-state index in [1.54, 1.807) is 19.2 Å².